The van der Waals surface area contributed by atoms with Crippen molar-refractivity contribution in [3.8, 4) is 6.07 Å². The SMILES string of the molecule is N#Cc1n[nH]c2ccc(Cl)nc12. The number of aromatic nitrogens is 3. The molecule has 0 aliphatic carbocycles. The van der Waals surface area contributed by atoms with Crippen LogP contribution in [0.25, 0.3) is 11.0 Å². The van der Waals surface area contributed by atoms with Crippen molar-refractivity contribution in [2.45, 2.75) is 0 Å². The molecule has 0 amide bonds. The Morgan fingerprint density at radius 1 is 1.50 bits per heavy atom. The number of nitriles is 1. The van der Waals surface area contributed by atoms with Gasteiger partial charge in [-0.2, -0.15) is 10.4 Å². The third-order valence-electron chi connectivity index (χ3n) is 1.48. The summed E-state index contributed by atoms with van der Waals surface area (Å²) in [5, 5.41) is 15.4. The predicted molar refractivity (Wildman–Crippen MR) is 43.6 cm³/mol. The molecular weight excluding hydrogens is 176 g/mol. The molecule has 0 bridgehead atoms. The van der Waals surface area contributed by atoms with E-state index in [4.69, 9.17) is 16.9 Å². The van der Waals surface area contributed by atoms with E-state index in [0.717, 1.165) is 5.52 Å². The normalized spacial score (nSPS) is 10.0. The number of nitrogens with one attached hydrogen (secondary N) is 1. The van der Waals surface area contributed by atoms with Crippen LogP contribution >= 0.6 is 11.6 Å². The molecule has 0 saturated carbocycles. The fraction of sp³-hybridized carbons (Fsp3) is 0. The van der Waals surface area contributed by atoms with E-state index >= 15 is 0 Å². The van der Waals surface area contributed by atoms with Crippen LogP contribution in [0.1, 0.15) is 5.69 Å². The molecule has 58 valence electrons. The van der Waals surface area contributed by atoms with Crippen LogP contribution in [0.2, 0.25) is 5.15 Å². The van der Waals surface area contributed by atoms with E-state index < -0.39 is 0 Å². The third-order valence-corrected chi connectivity index (χ3v) is 1.69. The Morgan fingerprint density at radius 3 is 3.08 bits per heavy atom. The molecule has 2 aromatic heterocycles. The van der Waals surface area contributed by atoms with Crippen molar-refractivity contribution in [3.63, 3.8) is 0 Å². The maximum Gasteiger partial charge on any atom is 0.188 e. The van der Waals surface area contributed by atoms with Gasteiger partial charge in [-0.25, -0.2) is 4.98 Å². The molecule has 1 N–H and O–H groups in total. The average molecular weight is 179 g/mol. The highest BCUT2D eigenvalue weighted by Crippen LogP contribution is 2.15. The second-order valence-corrected chi connectivity index (χ2v) is 2.60. The molecule has 0 atom stereocenters. The van der Waals surface area contributed by atoms with Gasteiger partial charge in [0.15, 0.2) is 5.69 Å². The quantitative estimate of drug-likeness (QED) is 0.622. The lowest BCUT2D eigenvalue weighted by Crippen LogP contribution is -1.78. The first-order valence-electron chi connectivity index (χ1n) is 3.22. The van der Waals surface area contributed by atoms with Crippen molar-refractivity contribution >= 4 is 22.6 Å². The molecule has 5 heteroatoms. The molecule has 0 aromatic carbocycles. The molecule has 0 aliphatic heterocycles. The summed E-state index contributed by atoms with van der Waals surface area (Å²) in [4.78, 5) is 3.96. The van der Waals surface area contributed by atoms with Crippen LogP contribution in [0, 0.1) is 11.3 Å². The van der Waals surface area contributed by atoms with Crippen molar-refractivity contribution in [1.29, 1.82) is 5.26 Å². The van der Waals surface area contributed by atoms with E-state index in [1.54, 1.807) is 12.1 Å². The molecule has 0 aliphatic rings. The monoisotopic (exact) mass is 178 g/mol. The molecule has 2 aromatic rings. The number of fused-ring (bicyclic) bond motifs is 1. The van der Waals surface area contributed by atoms with Crippen molar-refractivity contribution in [2.24, 2.45) is 0 Å². The van der Waals surface area contributed by atoms with E-state index in [1.807, 2.05) is 6.07 Å². The van der Waals surface area contributed by atoms with Crippen LogP contribution in [0.15, 0.2) is 12.1 Å². The molecular formula is C7H3ClN4. The maximum absolute atomic E-state index is 8.60. The fourth-order valence-corrected chi connectivity index (χ4v) is 1.10. The van der Waals surface area contributed by atoms with Crippen molar-refractivity contribution in [2.75, 3.05) is 0 Å². The number of rotatable bonds is 0. The van der Waals surface area contributed by atoms with Gasteiger partial charge in [0.05, 0.1) is 5.52 Å². The summed E-state index contributed by atoms with van der Waals surface area (Å²) in [7, 11) is 0. The zero-order valence-corrected chi connectivity index (χ0v) is 6.63. The van der Waals surface area contributed by atoms with Crippen LogP contribution in [0.3, 0.4) is 0 Å². The molecule has 2 heterocycles. The van der Waals surface area contributed by atoms with Gasteiger partial charge in [-0.15, -0.1) is 0 Å². The standard InChI is InChI=1S/C7H3ClN4/c8-6-2-1-4-7(10-6)5(3-9)12-11-4/h1-2H,(H,11,12). The third kappa shape index (κ3) is 0.917. The minimum absolute atomic E-state index is 0.271. The van der Waals surface area contributed by atoms with Crippen LogP contribution in [-0.2, 0) is 0 Å². The zero-order chi connectivity index (χ0) is 8.55. The van der Waals surface area contributed by atoms with Gasteiger partial charge in [0.25, 0.3) is 0 Å². The highest BCUT2D eigenvalue weighted by Gasteiger charge is 2.05. The summed E-state index contributed by atoms with van der Waals surface area (Å²) in [5.74, 6) is 0. The first-order chi connectivity index (χ1) is 5.81. The minimum Gasteiger partial charge on any atom is -0.275 e. The highest BCUT2D eigenvalue weighted by atomic mass is 35.5. The maximum atomic E-state index is 8.60. The summed E-state index contributed by atoms with van der Waals surface area (Å²) in [5.41, 5.74) is 1.51. The van der Waals surface area contributed by atoms with E-state index in [1.165, 1.54) is 0 Å². The van der Waals surface area contributed by atoms with Gasteiger partial charge in [-0.05, 0) is 12.1 Å². The highest BCUT2D eigenvalue weighted by molar-refractivity contribution is 6.29. The van der Waals surface area contributed by atoms with Crippen LogP contribution in [-0.4, -0.2) is 15.2 Å². The van der Waals surface area contributed by atoms with Gasteiger partial charge in [-0.3, -0.25) is 5.10 Å². The smallest absolute Gasteiger partial charge is 0.188 e. The second kappa shape index (κ2) is 2.47. The first kappa shape index (κ1) is 7.07. The average Bonchev–Trinajstić information content (AvgIpc) is 2.46. The van der Waals surface area contributed by atoms with Crippen molar-refractivity contribution < 1.29 is 0 Å². The molecule has 0 saturated heterocycles. The second-order valence-electron chi connectivity index (χ2n) is 2.21. The van der Waals surface area contributed by atoms with E-state index in [-0.39, 0.29) is 5.69 Å². The minimum atomic E-state index is 0.271. The summed E-state index contributed by atoms with van der Waals surface area (Å²) in [6.45, 7) is 0. The summed E-state index contributed by atoms with van der Waals surface area (Å²) in [6, 6.07) is 5.29. The van der Waals surface area contributed by atoms with Crippen molar-refractivity contribution in [3.05, 3.63) is 23.0 Å². The molecule has 0 fully saturated rings. The summed E-state index contributed by atoms with van der Waals surface area (Å²) < 4.78 is 0. The van der Waals surface area contributed by atoms with E-state index in [0.29, 0.717) is 10.7 Å². The van der Waals surface area contributed by atoms with Gasteiger partial charge < -0.3 is 0 Å². The molecule has 12 heavy (non-hydrogen) atoms. The number of halogens is 1. The number of H-pyrrole nitrogens is 1. The van der Waals surface area contributed by atoms with Crippen molar-refractivity contribution in [1.82, 2.24) is 15.2 Å². The number of aromatic amines is 1. The first-order valence-corrected chi connectivity index (χ1v) is 3.60. The van der Waals surface area contributed by atoms with Gasteiger partial charge in [-0.1, -0.05) is 11.6 Å². The largest absolute Gasteiger partial charge is 0.275 e. The Labute approximate surface area is 72.8 Å². The summed E-state index contributed by atoms with van der Waals surface area (Å²) in [6.07, 6.45) is 0. The van der Waals surface area contributed by atoms with Gasteiger partial charge >= 0.3 is 0 Å². The van der Waals surface area contributed by atoms with Crippen LogP contribution in [0.5, 0.6) is 0 Å². The summed E-state index contributed by atoms with van der Waals surface area (Å²) >= 11 is 5.64. The molecule has 0 unspecified atom stereocenters. The molecule has 0 radical (unpaired) electrons. The Morgan fingerprint density at radius 2 is 2.33 bits per heavy atom. The van der Waals surface area contributed by atoms with E-state index in [2.05, 4.69) is 15.2 Å². The lowest BCUT2D eigenvalue weighted by Gasteiger charge is -1.87. The van der Waals surface area contributed by atoms with Gasteiger partial charge in [0, 0.05) is 0 Å². The fourth-order valence-electron chi connectivity index (χ4n) is 0.953. The molecule has 4 nitrogen and oxygen atoms in total. The molecule has 2 rings (SSSR count). The van der Waals surface area contributed by atoms with Gasteiger partial charge in [0.1, 0.15) is 16.7 Å². The number of hydrogen-bond donors (Lipinski definition) is 1. The van der Waals surface area contributed by atoms with E-state index in [9.17, 15) is 0 Å². The molecule has 0 spiro atoms. The lowest BCUT2D eigenvalue weighted by molar-refractivity contribution is 1.10. The number of hydrogen-bond acceptors (Lipinski definition) is 3. The Balaban J connectivity index is 2.86. The Bertz CT molecular complexity index is 468. The Hall–Kier alpha value is -1.60. The number of nitrogens with zero attached hydrogens (tertiary/aromatic N) is 3. The predicted octanol–water partition coefficient (Wildman–Crippen LogP) is 1.48. The van der Waals surface area contributed by atoms with Gasteiger partial charge in [0.2, 0.25) is 0 Å². The van der Waals surface area contributed by atoms with Crippen LogP contribution in [0.4, 0.5) is 0 Å². The lowest BCUT2D eigenvalue weighted by atomic mass is 10.3. The topological polar surface area (TPSA) is 65.4 Å². The van der Waals surface area contributed by atoms with Crippen LogP contribution < -0.4 is 0 Å². The Kier molecular flexibility index (Phi) is 1.45. The zero-order valence-electron chi connectivity index (χ0n) is 5.87. The number of pyridine rings is 1.